The number of carbonyl (C=O) groups excluding carboxylic acids is 2. The van der Waals surface area contributed by atoms with Crippen LogP contribution < -0.4 is 10.6 Å². The summed E-state index contributed by atoms with van der Waals surface area (Å²) in [7, 11) is 0. The van der Waals surface area contributed by atoms with Crippen LogP contribution in [0.4, 0.5) is 11.4 Å². The Labute approximate surface area is 227 Å². The van der Waals surface area contributed by atoms with E-state index < -0.39 is 0 Å². The number of anilines is 2. The van der Waals surface area contributed by atoms with Gasteiger partial charge in [0, 0.05) is 75.1 Å². The summed E-state index contributed by atoms with van der Waals surface area (Å²) >= 11 is 0. The first-order valence-corrected chi connectivity index (χ1v) is 13.4. The van der Waals surface area contributed by atoms with Crippen molar-refractivity contribution in [2.24, 2.45) is 0 Å². The van der Waals surface area contributed by atoms with E-state index in [-0.39, 0.29) is 11.8 Å². The lowest BCUT2D eigenvalue weighted by Gasteiger charge is -2.34. The smallest absolute Gasteiger partial charge is 0.253 e. The number of pyridine rings is 1. The van der Waals surface area contributed by atoms with Crippen molar-refractivity contribution < 1.29 is 14.3 Å². The lowest BCUT2D eigenvalue weighted by atomic mass is 10.0. The standard InChI is InChI=1S/C30H32N6O3/c1-2-39-18-17-34-13-15-35(16-14-34)30(38)21-3-6-24(7-4-21)33-26-9-10-27(36-12-11-31-28(26)36)22-5-8-25-23(19-22)20-32-29(25)37/h3-12,19,33H,2,13-18,20H2,1H3,(H,32,37). The topological polar surface area (TPSA) is 91.2 Å². The molecule has 2 N–H and O–H groups in total. The Kier molecular flexibility index (Phi) is 7.00. The van der Waals surface area contributed by atoms with Crippen LogP contribution >= 0.6 is 0 Å². The van der Waals surface area contributed by atoms with Crippen LogP contribution in [-0.4, -0.2) is 76.9 Å². The summed E-state index contributed by atoms with van der Waals surface area (Å²) in [5.41, 5.74) is 6.99. The van der Waals surface area contributed by atoms with Crippen molar-refractivity contribution in [3.8, 4) is 11.3 Å². The van der Waals surface area contributed by atoms with Crippen molar-refractivity contribution in [2.75, 3.05) is 51.3 Å². The van der Waals surface area contributed by atoms with Crippen LogP contribution in [0.15, 0.2) is 67.0 Å². The SMILES string of the molecule is CCOCCN1CCN(C(=O)c2ccc(Nc3ccc(-c4ccc5c(c4)CNC5=O)n4ccnc34)cc2)CC1. The van der Waals surface area contributed by atoms with Crippen LogP contribution in [0, 0.1) is 0 Å². The minimum atomic E-state index is -0.0208. The van der Waals surface area contributed by atoms with Gasteiger partial charge in [-0.3, -0.25) is 18.9 Å². The quantitative estimate of drug-likeness (QED) is 0.341. The third kappa shape index (κ3) is 5.10. The van der Waals surface area contributed by atoms with Crippen LogP contribution in [0.25, 0.3) is 16.9 Å². The van der Waals surface area contributed by atoms with E-state index in [2.05, 4.69) is 32.7 Å². The zero-order chi connectivity index (χ0) is 26.8. The van der Waals surface area contributed by atoms with Crippen LogP contribution in [0.3, 0.4) is 0 Å². The molecule has 4 aromatic rings. The second kappa shape index (κ2) is 10.9. The summed E-state index contributed by atoms with van der Waals surface area (Å²) in [5.74, 6) is 0.0461. The predicted molar refractivity (Wildman–Crippen MR) is 150 cm³/mol. The van der Waals surface area contributed by atoms with Crippen molar-refractivity contribution in [2.45, 2.75) is 13.5 Å². The Balaban J connectivity index is 1.13. The number of benzene rings is 2. The van der Waals surface area contributed by atoms with Gasteiger partial charge >= 0.3 is 0 Å². The van der Waals surface area contributed by atoms with E-state index in [0.29, 0.717) is 12.1 Å². The normalized spacial score (nSPS) is 15.4. The number of hydrogen-bond acceptors (Lipinski definition) is 6. The van der Waals surface area contributed by atoms with Gasteiger partial charge in [0.05, 0.1) is 18.0 Å². The van der Waals surface area contributed by atoms with Gasteiger partial charge in [0.25, 0.3) is 11.8 Å². The predicted octanol–water partition coefficient (Wildman–Crippen LogP) is 3.78. The molecule has 1 fully saturated rings. The van der Waals surface area contributed by atoms with E-state index in [1.807, 2.05) is 64.9 Å². The van der Waals surface area contributed by atoms with Gasteiger partial charge < -0.3 is 20.3 Å². The fourth-order valence-corrected chi connectivity index (χ4v) is 5.29. The van der Waals surface area contributed by atoms with Gasteiger partial charge in [0.2, 0.25) is 0 Å². The number of piperazine rings is 1. The van der Waals surface area contributed by atoms with Gasteiger partial charge in [0.1, 0.15) is 0 Å². The van der Waals surface area contributed by atoms with E-state index >= 15 is 0 Å². The van der Waals surface area contributed by atoms with Crippen molar-refractivity contribution in [3.05, 3.63) is 83.7 Å². The third-order valence-electron chi connectivity index (χ3n) is 7.46. The molecule has 0 saturated carbocycles. The first kappa shape index (κ1) is 25.1. The number of carbonyl (C=O) groups is 2. The van der Waals surface area contributed by atoms with Crippen molar-refractivity contribution in [3.63, 3.8) is 0 Å². The summed E-state index contributed by atoms with van der Waals surface area (Å²) in [4.78, 5) is 33.9. The number of nitrogens with one attached hydrogen (secondary N) is 2. The first-order valence-electron chi connectivity index (χ1n) is 13.4. The molecule has 4 heterocycles. The molecule has 0 spiro atoms. The fraction of sp³-hybridized carbons (Fsp3) is 0.300. The summed E-state index contributed by atoms with van der Waals surface area (Å²) in [5, 5.41) is 6.33. The highest BCUT2D eigenvalue weighted by Crippen LogP contribution is 2.30. The molecule has 2 aliphatic rings. The van der Waals surface area contributed by atoms with Gasteiger partial charge in [-0.15, -0.1) is 0 Å². The number of imidazole rings is 1. The minimum absolute atomic E-state index is 0.0208. The zero-order valence-corrected chi connectivity index (χ0v) is 22.0. The van der Waals surface area contributed by atoms with E-state index in [9.17, 15) is 9.59 Å². The first-order chi connectivity index (χ1) is 19.1. The maximum absolute atomic E-state index is 13.1. The van der Waals surface area contributed by atoms with E-state index in [4.69, 9.17) is 4.74 Å². The Morgan fingerprint density at radius 1 is 1.05 bits per heavy atom. The molecule has 0 bridgehead atoms. The summed E-state index contributed by atoms with van der Waals surface area (Å²) in [6.07, 6.45) is 3.71. The summed E-state index contributed by atoms with van der Waals surface area (Å²) in [6, 6.07) is 17.6. The Morgan fingerprint density at radius 2 is 1.87 bits per heavy atom. The molecule has 2 aliphatic heterocycles. The molecule has 0 atom stereocenters. The van der Waals surface area contributed by atoms with Crippen LogP contribution in [-0.2, 0) is 11.3 Å². The second-order valence-corrected chi connectivity index (χ2v) is 9.84. The van der Waals surface area contributed by atoms with Gasteiger partial charge in [-0.05, 0) is 66.6 Å². The lowest BCUT2D eigenvalue weighted by Crippen LogP contribution is -2.49. The van der Waals surface area contributed by atoms with Crippen LogP contribution in [0.5, 0.6) is 0 Å². The Morgan fingerprint density at radius 3 is 2.67 bits per heavy atom. The van der Waals surface area contributed by atoms with E-state index in [1.54, 1.807) is 6.20 Å². The molecule has 9 nitrogen and oxygen atoms in total. The van der Waals surface area contributed by atoms with E-state index in [0.717, 1.165) is 85.3 Å². The van der Waals surface area contributed by atoms with Gasteiger partial charge in [-0.25, -0.2) is 4.98 Å². The van der Waals surface area contributed by atoms with Crippen molar-refractivity contribution in [1.82, 2.24) is 24.5 Å². The average molecular weight is 525 g/mol. The van der Waals surface area contributed by atoms with Gasteiger partial charge in [-0.2, -0.15) is 0 Å². The minimum Gasteiger partial charge on any atom is -0.380 e. The van der Waals surface area contributed by atoms with Gasteiger partial charge in [0.15, 0.2) is 5.65 Å². The molecule has 2 aromatic carbocycles. The third-order valence-corrected chi connectivity index (χ3v) is 7.46. The molecule has 0 radical (unpaired) electrons. The lowest BCUT2D eigenvalue weighted by molar-refractivity contribution is 0.0565. The van der Waals surface area contributed by atoms with Crippen LogP contribution in [0.1, 0.15) is 33.2 Å². The highest BCUT2D eigenvalue weighted by molar-refractivity contribution is 5.99. The summed E-state index contributed by atoms with van der Waals surface area (Å²) < 4.78 is 7.49. The fourth-order valence-electron chi connectivity index (χ4n) is 5.29. The number of ether oxygens (including phenoxy) is 1. The highest BCUT2D eigenvalue weighted by atomic mass is 16.5. The Bertz CT molecular complexity index is 1510. The highest BCUT2D eigenvalue weighted by Gasteiger charge is 2.22. The van der Waals surface area contributed by atoms with Crippen molar-refractivity contribution >= 4 is 28.8 Å². The maximum atomic E-state index is 13.1. The van der Waals surface area contributed by atoms with Crippen molar-refractivity contribution in [1.29, 1.82) is 0 Å². The molecule has 0 unspecified atom stereocenters. The number of rotatable bonds is 8. The maximum Gasteiger partial charge on any atom is 0.253 e. The van der Waals surface area contributed by atoms with E-state index in [1.165, 1.54) is 0 Å². The number of hydrogen-bond donors (Lipinski definition) is 2. The number of fused-ring (bicyclic) bond motifs is 2. The number of amides is 2. The average Bonchev–Trinajstić information content (AvgIpc) is 3.61. The number of aromatic nitrogens is 2. The molecule has 2 aromatic heterocycles. The molecular formula is C30H32N6O3. The molecular weight excluding hydrogens is 492 g/mol. The molecule has 39 heavy (non-hydrogen) atoms. The molecule has 1 saturated heterocycles. The monoisotopic (exact) mass is 524 g/mol. The Hall–Kier alpha value is -4.21. The van der Waals surface area contributed by atoms with Crippen LogP contribution in [0.2, 0.25) is 0 Å². The molecule has 2 amide bonds. The molecule has 0 aliphatic carbocycles. The largest absolute Gasteiger partial charge is 0.380 e. The van der Waals surface area contributed by atoms with Gasteiger partial charge in [-0.1, -0.05) is 6.07 Å². The molecule has 6 rings (SSSR count). The molecule has 200 valence electrons. The molecule has 9 heteroatoms. The number of nitrogens with zero attached hydrogens (tertiary/aromatic N) is 4. The summed E-state index contributed by atoms with van der Waals surface area (Å²) in [6.45, 7) is 8.14. The zero-order valence-electron chi connectivity index (χ0n) is 22.0. The second-order valence-electron chi connectivity index (χ2n) is 9.84.